The predicted molar refractivity (Wildman–Crippen MR) is 84.2 cm³/mol. The molecular formula is C11H27N4O3PS. The second kappa shape index (κ2) is 11.0. The summed E-state index contributed by atoms with van der Waals surface area (Å²) in [6, 6.07) is 0. The van der Waals surface area contributed by atoms with Crippen LogP contribution in [0, 0.1) is 0 Å². The third-order valence-electron chi connectivity index (χ3n) is 3.06. The van der Waals surface area contributed by atoms with Gasteiger partial charge in [0.15, 0.2) is 0 Å². The highest BCUT2D eigenvalue weighted by molar-refractivity contribution is 8.54. The van der Waals surface area contributed by atoms with E-state index in [9.17, 15) is 4.57 Å². The van der Waals surface area contributed by atoms with Crippen LogP contribution in [-0.2, 0) is 4.57 Å². The zero-order chi connectivity index (χ0) is 14.7. The van der Waals surface area contributed by atoms with Gasteiger partial charge in [-0.25, -0.2) is 4.57 Å². The molecule has 5 N–H and O–H groups in total. The molecule has 1 rings (SSSR count). The van der Waals surface area contributed by atoms with Crippen LogP contribution in [0.25, 0.3) is 0 Å². The number of piperazine rings is 1. The summed E-state index contributed by atoms with van der Waals surface area (Å²) in [5.74, 6) is 0.445. The minimum Gasteiger partial charge on any atom is -0.317 e. The fourth-order valence-corrected chi connectivity index (χ4v) is 3.46. The SMILES string of the molecule is O=P(O)(O)SCCNCCCNCCN1CCNCC1. The molecule has 0 saturated carbocycles. The standard InChI is InChI=1S/C11H27N4O3PS/c16-19(17,18)20-11-7-13-3-1-2-12-4-8-15-9-5-14-6-10-15/h12-14H,1-11H2,(H2,16,17,18). The van der Waals surface area contributed by atoms with Crippen LogP contribution in [0.3, 0.4) is 0 Å². The Balaban J connectivity index is 1.77. The third kappa shape index (κ3) is 11.0. The van der Waals surface area contributed by atoms with Crippen LogP contribution in [0.15, 0.2) is 0 Å². The molecule has 0 aliphatic carbocycles. The van der Waals surface area contributed by atoms with Crippen LogP contribution in [0.1, 0.15) is 6.42 Å². The Morgan fingerprint density at radius 1 is 1.10 bits per heavy atom. The maximum atomic E-state index is 10.6. The molecule has 0 atom stereocenters. The Bertz CT molecular complexity index is 287. The van der Waals surface area contributed by atoms with Crippen LogP contribution in [0.4, 0.5) is 0 Å². The minimum absolute atomic E-state index is 0.445. The number of hydrogen-bond donors (Lipinski definition) is 5. The lowest BCUT2D eigenvalue weighted by molar-refractivity contribution is 0.241. The molecule has 1 fully saturated rings. The van der Waals surface area contributed by atoms with Gasteiger partial charge in [0.2, 0.25) is 0 Å². The largest absolute Gasteiger partial charge is 0.384 e. The second-order valence-corrected chi connectivity index (χ2v) is 8.62. The molecular weight excluding hydrogens is 299 g/mol. The number of nitrogens with one attached hydrogen (secondary N) is 3. The molecule has 0 bridgehead atoms. The van der Waals surface area contributed by atoms with E-state index in [0.29, 0.717) is 23.7 Å². The summed E-state index contributed by atoms with van der Waals surface area (Å²) in [7, 11) is 0. The van der Waals surface area contributed by atoms with Crippen molar-refractivity contribution in [2.45, 2.75) is 6.42 Å². The van der Waals surface area contributed by atoms with Crippen molar-refractivity contribution in [3.8, 4) is 0 Å². The molecule has 0 aromatic heterocycles. The molecule has 0 spiro atoms. The van der Waals surface area contributed by atoms with E-state index in [1.54, 1.807) is 0 Å². The molecule has 1 heterocycles. The maximum Gasteiger partial charge on any atom is 0.384 e. The Morgan fingerprint density at radius 2 is 1.75 bits per heavy atom. The predicted octanol–water partition coefficient (Wildman–Crippen LogP) is -0.713. The van der Waals surface area contributed by atoms with Gasteiger partial charge in [0.05, 0.1) is 0 Å². The summed E-state index contributed by atoms with van der Waals surface area (Å²) in [6.45, 7) is 5.19. The molecule has 9 heteroatoms. The van der Waals surface area contributed by atoms with E-state index in [1.165, 1.54) is 0 Å². The van der Waals surface area contributed by atoms with Gasteiger partial charge in [-0.2, -0.15) is 0 Å². The zero-order valence-corrected chi connectivity index (χ0v) is 13.6. The average Bonchev–Trinajstić information content (AvgIpc) is 2.41. The van der Waals surface area contributed by atoms with Crippen molar-refractivity contribution in [2.75, 3.05) is 64.7 Å². The van der Waals surface area contributed by atoms with Crippen molar-refractivity contribution < 1.29 is 14.4 Å². The minimum atomic E-state index is -3.89. The number of nitrogens with zero attached hydrogens (tertiary/aromatic N) is 1. The first-order valence-corrected chi connectivity index (χ1v) is 10.3. The lowest BCUT2D eigenvalue weighted by Gasteiger charge is -2.27. The Labute approximate surface area is 125 Å². The van der Waals surface area contributed by atoms with E-state index in [1.807, 2.05) is 0 Å². The third-order valence-corrected chi connectivity index (χ3v) is 5.34. The Hall–Kier alpha value is 0.340. The van der Waals surface area contributed by atoms with Crippen LogP contribution >= 0.6 is 18.2 Å². The van der Waals surface area contributed by atoms with E-state index >= 15 is 0 Å². The topological polar surface area (TPSA) is 96.9 Å². The smallest absolute Gasteiger partial charge is 0.317 e. The quantitative estimate of drug-likeness (QED) is 0.251. The van der Waals surface area contributed by atoms with E-state index in [0.717, 1.165) is 58.8 Å². The molecule has 20 heavy (non-hydrogen) atoms. The Kier molecular flexibility index (Phi) is 10.1. The lowest BCUT2D eigenvalue weighted by atomic mass is 10.3. The summed E-state index contributed by atoms with van der Waals surface area (Å²) in [5.41, 5.74) is 0. The van der Waals surface area contributed by atoms with Crippen molar-refractivity contribution in [3.63, 3.8) is 0 Å². The van der Waals surface area contributed by atoms with Gasteiger partial charge >= 0.3 is 6.80 Å². The first kappa shape index (κ1) is 18.4. The fourth-order valence-electron chi connectivity index (χ4n) is 2.00. The van der Waals surface area contributed by atoms with Crippen molar-refractivity contribution in [2.24, 2.45) is 0 Å². The highest BCUT2D eigenvalue weighted by Crippen LogP contribution is 2.49. The van der Waals surface area contributed by atoms with Gasteiger partial charge in [-0.05, 0) is 30.9 Å². The normalized spacial score (nSPS) is 17.5. The van der Waals surface area contributed by atoms with Crippen LogP contribution < -0.4 is 16.0 Å². The molecule has 7 nitrogen and oxygen atoms in total. The molecule has 1 saturated heterocycles. The molecule has 1 aliphatic heterocycles. The highest BCUT2D eigenvalue weighted by Gasteiger charge is 2.12. The first-order chi connectivity index (χ1) is 9.58. The van der Waals surface area contributed by atoms with E-state index in [4.69, 9.17) is 9.79 Å². The van der Waals surface area contributed by atoms with Crippen LogP contribution in [0.2, 0.25) is 0 Å². The average molecular weight is 326 g/mol. The van der Waals surface area contributed by atoms with Crippen molar-refractivity contribution in [1.82, 2.24) is 20.9 Å². The lowest BCUT2D eigenvalue weighted by Crippen LogP contribution is -2.45. The van der Waals surface area contributed by atoms with Crippen LogP contribution in [0.5, 0.6) is 0 Å². The van der Waals surface area contributed by atoms with E-state index in [2.05, 4.69) is 20.9 Å². The Morgan fingerprint density at radius 3 is 2.40 bits per heavy atom. The fraction of sp³-hybridized carbons (Fsp3) is 1.00. The number of hydrogen-bond acceptors (Lipinski definition) is 6. The molecule has 0 aromatic carbocycles. The molecule has 0 amide bonds. The summed E-state index contributed by atoms with van der Waals surface area (Å²) >= 11 is 0.699. The van der Waals surface area contributed by atoms with Gasteiger partial charge in [0, 0.05) is 51.6 Å². The molecule has 0 radical (unpaired) electrons. The highest BCUT2D eigenvalue weighted by atomic mass is 32.7. The summed E-state index contributed by atoms with van der Waals surface area (Å²) in [5, 5.41) is 9.93. The summed E-state index contributed by atoms with van der Waals surface area (Å²) < 4.78 is 10.6. The van der Waals surface area contributed by atoms with E-state index < -0.39 is 6.80 Å². The van der Waals surface area contributed by atoms with Gasteiger partial charge in [0.1, 0.15) is 0 Å². The maximum absolute atomic E-state index is 10.6. The van der Waals surface area contributed by atoms with Gasteiger partial charge in [-0.3, -0.25) is 4.90 Å². The molecule has 120 valence electrons. The van der Waals surface area contributed by atoms with Crippen LogP contribution in [-0.4, -0.2) is 79.3 Å². The van der Waals surface area contributed by atoms with Crippen molar-refractivity contribution >= 4 is 18.2 Å². The monoisotopic (exact) mass is 326 g/mol. The molecule has 0 unspecified atom stereocenters. The second-order valence-electron chi connectivity index (χ2n) is 4.77. The van der Waals surface area contributed by atoms with Gasteiger partial charge in [-0.1, -0.05) is 0 Å². The van der Waals surface area contributed by atoms with Crippen molar-refractivity contribution in [3.05, 3.63) is 0 Å². The van der Waals surface area contributed by atoms with Gasteiger partial charge < -0.3 is 25.7 Å². The summed E-state index contributed by atoms with van der Waals surface area (Å²) in [6.07, 6.45) is 1.03. The first-order valence-electron chi connectivity index (χ1n) is 7.12. The van der Waals surface area contributed by atoms with Crippen molar-refractivity contribution in [1.29, 1.82) is 0 Å². The van der Waals surface area contributed by atoms with E-state index in [-0.39, 0.29) is 0 Å². The number of rotatable bonds is 11. The zero-order valence-electron chi connectivity index (χ0n) is 11.9. The molecule has 0 aromatic rings. The van der Waals surface area contributed by atoms with Gasteiger partial charge in [-0.15, -0.1) is 0 Å². The van der Waals surface area contributed by atoms with Gasteiger partial charge in [0.25, 0.3) is 0 Å². The molecule has 1 aliphatic rings. The summed E-state index contributed by atoms with van der Waals surface area (Å²) in [4.78, 5) is 19.8.